The van der Waals surface area contributed by atoms with Crippen molar-refractivity contribution in [3.05, 3.63) is 114 Å². The van der Waals surface area contributed by atoms with E-state index in [0.29, 0.717) is 23.2 Å². The van der Waals surface area contributed by atoms with Crippen molar-refractivity contribution < 1.29 is 0 Å². The number of hydrogen-bond donors (Lipinski definition) is 2. The van der Waals surface area contributed by atoms with Gasteiger partial charge in [0.05, 0.1) is 22.1 Å². The fourth-order valence-corrected chi connectivity index (χ4v) is 4.24. The molecule has 2 N–H and O–H groups in total. The largest absolute Gasteiger partial charge is 0.379 e. The predicted molar refractivity (Wildman–Crippen MR) is 146 cm³/mol. The molecule has 178 valence electrons. The van der Waals surface area contributed by atoms with Gasteiger partial charge in [0.15, 0.2) is 0 Å². The van der Waals surface area contributed by atoms with Crippen molar-refractivity contribution in [3.8, 4) is 5.69 Å². The topological polar surface area (TPSA) is 69.3 Å². The summed E-state index contributed by atoms with van der Waals surface area (Å²) in [5, 5.41) is 23.5. The molecule has 0 radical (unpaired) electrons. The molecule has 0 bridgehead atoms. The average Bonchev–Trinajstić information content (AvgIpc) is 3.41. The molecule has 1 aliphatic carbocycles. The van der Waals surface area contributed by atoms with Crippen LogP contribution in [0.1, 0.15) is 24.5 Å². The quantitative estimate of drug-likeness (QED) is 0.270. The minimum absolute atomic E-state index is 0.227. The maximum atomic E-state index is 8.56. The van der Waals surface area contributed by atoms with E-state index in [9.17, 15) is 0 Å². The molecule has 4 rings (SSSR count). The van der Waals surface area contributed by atoms with Gasteiger partial charge in [-0.15, -0.1) is 0 Å². The Kier molecular flexibility index (Phi) is 7.63. The second kappa shape index (κ2) is 11.0. The van der Waals surface area contributed by atoms with E-state index in [2.05, 4.69) is 48.2 Å². The van der Waals surface area contributed by atoms with Gasteiger partial charge >= 0.3 is 0 Å². The Hall–Kier alpha value is -3.90. The van der Waals surface area contributed by atoms with Crippen LogP contribution < -0.4 is 5.32 Å². The number of para-hydroxylation sites is 1. The van der Waals surface area contributed by atoms with Crippen molar-refractivity contribution in [2.45, 2.75) is 19.9 Å². The van der Waals surface area contributed by atoms with Crippen molar-refractivity contribution in [2.24, 2.45) is 11.0 Å². The third-order valence-electron chi connectivity index (χ3n) is 5.92. The molecule has 6 nitrogen and oxygen atoms in total. The molecular weight excluding hydrogens is 456 g/mol. The van der Waals surface area contributed by atoms with Crippen LogP contribution in [-0.4, -0.2) is 33.3 Å². The van der Waals surface area contributed by atoms with E-state index in [1.165, 1.54) is 6.08 Å². The van der Waals surface area contributed by atoms with Crippen molar-refractivity contribution in [3.63, 3.8) is 0 Å². The molecule has 2 aromatic carbocycles. The summed E-state index contributed by atoms with van der Waals surface area (Å²) in [6, 6.07) is 15.7. The lowest BCUT2D eigenvalue weighted by Crippen LogP contribution is -2.24. The van der Waals surface area contributed by atoms with Gasteiger partial charge in [0.25, 0.3) is 0 Å². The monoisotopic (exact) mass is 484 g/mol. The summed E-state index contributed by atoms with van der Waals surface area (Å²) in [6.07, 6.45) is 12.4. The van der Waals surface area contributed by atoms with E-state index >= 15 is 0 Å². The van der Waals surface area contributed by atoms with Gasteiger partial charge in [-0.25, -0.2) is 4.68 Å². The number of anilines is 1. The number of hydrogen-bond acceptors (Lipinski definition) is 5. The van der Waals surface area contributed by atoms with E-state index in [-0.39, 0.29) is 5.71 Å². The van der Waals surface area contributed by atoms with Gasteiger partial charge in [-0.1, -0.05) is 61.5 Å². The van der Waals surface area contributed by atoms with Gasteiger partial charge in [-0.3, -0.25) is 10.4 Å². The van der Waals surface area contributed by atoms with E-state index in [1.54, 1.807) is 6.20 Å². The Morgan fingerprint density at radius 1 is 1.29 bits per heavy atom. The van der Waals surface area contributed by atoms with Crippen LogP contribution in [-0.2, 0) is 6.54 Å². The number of nitrogens with zero attached hydrogens (tertiary/aromatic N) is 4. The molecule has 7 heteroatoms. The Morgan fingerprint density at radius 2 is 2.09 bits per heavy atom. The predicted octanol–water partition coefficient (Wildman–Crippen LogP) is 6.46. The van der Waals surface area contributed by atoms with Crippen LogP contribution in [0.5, 0.6) is 0 Å². The Labute approximate surface area is 211 Å². The van der Waals surface area contributed by atoms with Crippen molar-refractivity contribution in [1.82, 2.24) is 14.8 Å². The smallest absolute Gasteiger partial charge is 0.118 e. The zero-order chi connectivity index (χ0) is 24.8. The Bertz CT molecular complexity index is 1290. The molecular formula is C28H29ClN6. The lowest BCUT2D eigenvalue weighted by molar-refractivity contribution is 0.384. The molecule has 1 aromatic heterocycles. The summed E-state index contributed by atoms with van der Waals surface area (Å²) < 4.78 is 1.82. The lowest BCUT2D eigenvalue weighted by Gasteiger charge is -2.25. The van der Waals surface area contributed by atoms with Crippen LogP contribution in [0.25, 0.3) is 5.69 Å². The first-order chi connectivity index (χ1) is 17.0. The Morgan fingerprint density at radius 3 is 2.77 bits per heavy atom. The molecule has 0 saturated carbocycles. The van der Waals surface area contributed by atoms with Crippen molar-refractivity contribution >= 4 is 28.7 Å². The second-order valence-corrected chi connectivity index (χ2v) is 8.79. The van der Waals surface area contributed by atoms with Crippen LogP contribution in [0, 0.1) is 11.3 Å². The third-order valence-corrected chi connectivity index (χ3v) is 6.24. The van der Waals surface area contributed by atoms with Gasteiger partial charge in [0.1, 0.15) is 5.71 Å². The highest BCUT2D eigenvalue weighted by Crippen LogP contribution is 2.29. The standard InChI is InChI=1S/C28H29ClN6/c1-4-25(30)28(33-34(3)26-12-6-5-9-20(26)2)23-10-7-11-24(29)27(23)31-19-21-13-15-22(16-14-21)35-18-8-17-32-35/h4-8,10-18,20,30-31H,1,9,19H2,2-3H3/b30-25?,33-28-. The Balaban J connectivity index is 1.62. The molecule has 1 aliphatic rings. The normalized spacial score (nSPS) is 15.5. The maximum Gasteiger partial charge on any atom is 0.118 e. The molecule has 0 fully saturated rings. The van der Waals surface area contributed by atoms with Crippen molar-refractivity contribution in [2.75, 3.05) is 12.4 Å². The molecule has 1 unspecified atom stereocenters. The first kappa shape index (κ1) is 24.2. The van der Waals surface area contributed by atoms with Crippen LogP contribution in [0.2, 0.25) is 5.02 Å². The van der Waals surface area contributed by atoms with Crippen LogP contribution in [0.15, 0.2) is 103 Å². The fraction of sp³-hybridized carbons (Fsp3) is 0.179. The molecule has 1 heterocycles. The van der Waals surface area contributed by atoms with E-state index in [4.69, 9.17) is 22.1 Å². The molecule has 0 saturated heterocycles. The highest BCUT2D eigenvalue weighted by atomic mass is 35.5. The second-order valence-electron chi connectivity index (χ2n) is 8.38. The van der Waals surface area contributed by atoms with E-state index < -0.39 is 0 Å². The maximum absolute atomic E-state index is 8.56. The first-order valence-corrected chi connectivity index (χ1v) is 11.9. The molecule has 0 spiro atoms. The molecule has 0 aliphatic heterocycles. The van der Waals surface area contributed by atoms with Gasteiger partial charge in [0, 0.05) is 43.2 Å². The molecule has 3 aromatic rings. The van der Waals surface area contributed by atoms with Gasteiger partial charge in [0.2, 0.25) is 0 Å². The van der Waals surface area contributed by atoms with Gasteiger partial charge in [-0.2, -0.15) is 10.2 Å². The summed E-state index contributed by atoms with van der Waals surface area (Å²) in [6.45, 7) is 6.54. The lowest BCUT2D eigenvalue weighted by atomic mass is 9.99. The summed E-state index contributed by atoms with van der Waals surface area (Å²) in [7, 11) is 1.91. The van der Waals surface area contributed by atoms with Gasteiger partial charge < -0.3 is 5.32 Å². The zero-order valence-corrected chi connectivity index (χ0v) is 20.7. The molecule has 35 heavy (non-hydrogen) atoms. The highest BCUT2D eigenvalue weighted by Gasteiger charge is 2.19. The zero-order valence-electron chi connectivity index (χ0n) is 19.9. The highest BCUT2D eigenvalue weighted by molar-refractivity contribution is 6.52. The number of rotatable bonds is 9. The van der Waals surface area contributed by atoms with E-state index in [0.717, 1.165) is 34.6 Å². The summed E-state index contributed by atoms with van der Waals surface area (Å²) >= 11 is 6.63. The summed E-state index contributed by atoms with van der Waals surface area (Å²) in [4.78, 5) is 0. The van der Waals surface area contributed by atoms with Crippen molar-refractivity contribution in [1.29, 1.82) is 5.41 Å². The fourth-order valence-electron chi connectivity index (χ4n) is 4.00. The SMILES string of the molecule is C=CC(=N)/C(=N\N(C)C1=CC=CCC1C)c1cccc(Cl)c1NCc1ccc(-n2cccn2)cc1. The molecule has 0 amide bonds. The van der Waals surface area contributed by atoms with Crippen LogP contribution >= 0.6 is 11.6 Å². The number of halogens is 1. The summed E-state index contributed by atoms with van der Waals surface area (Å²) in [5.74, 6) is 0.342. The minimum Gasteiger partial charge on any atom is -0.379 e. The number of benzene rings is 2. The van der Waals surface area contributed by atoms with Crippen LogP contribution in [0.4, 0.5) is 5.69 Å². The minimum atomic E-state index is 0.227. The third kappa shape index (κ3) is 5.61. The first-order valence-electron chi connectivity index (χ1n) is 11.5. The number of nitrogens with one attached hydrogen (secondary N) is 2. The number of allylic oxidation sites excluding steroid dienone is 5. The summed E-state index contributed by atoms with van der Waals surface area (Å²) in [5.41, 5.74) is 5.39. The number of hydrazone groups is 1. The van der Waals surface area contributed by atoms with Crippen LogP contribution in [0.3, 0.4) is 0 Å². The number of aromatic nitrogens is 2. The van der Waals surface area contributed by atoms with E-state index in [1.807, 2.05) is 65.4 Å². The average molecular weight is 485 g/mol. The van der Waals surface area contributed by atoms with Gasteiger partial charge in [-0.05, 0) is 48.4 Å². The molecule has 1 atom stereocenters.